The molecule has 212 valence electrons. The number of hydrogen-bond donors (Lipinski definition) is 2. The molecule has 1 atom stereocenters. The summed E-state index contributed by atoms with van der Waals surface area (Å²) in [4.78, 5) is 28.9. The first-order chi connectivity index (χ1) is 19.5. The number of nitrogens with two attached hydrogens (primary N) is 1. The quantitative estimate of drug-likeness (QED) is 0.292. The topological polar surface area (TPSA) is 134 Å². The zero-order chi connectivity index (χ0) is 29.5. The number of ketones is 1. The predicted octanol–water partition coefficient (Wildman–Crippen LogP) is 6.24. The first-order valence-electron chi connectivity index (χ1n) is 12.6. The second kappa shape index (κ2) is 11.5. The third kappa shape index (κ3) is 5.72. The zero-order valence-corrected chi connectivity index (χ0v) is 26.0. The van der Waals surface area contributed by atoms with Gasteiger partial charge in [-0.05, 0) is 54.0 Å². The zero-order valence-electron chi connectivity index (χ0n) is 22.8. The van der Waals surface area contributed by atoms with Crippen LogP contribution in [-0.4, -0.2) is 34.8 Å². The Kier molecular flexibility index (Phi) is 8.16. The van der Waals surface area contributed by atoms with Crippen molar-refractivity contribution in [3.8, 4) is 11.8 Å². The lowest BCUT2D eigenvalue weighted by Gasteiger charge is -2.42. The second-order valence-corrected chi connectivity index (χ2v) is 14.0. The number of hydrogen-bond acceptors (Lipinski definition) is 11. The normalized spacial score (nSPS) is 18.3. The minimum atomic E-state index is -0.508. The summed E-state index contributed by atoms with van der Waals surface area (Å²) in [5.74, 6) is 0.114. The smallest absolute Gasteiger partial charge is 0.234 e. The highest BCUT2D eigenvalue weighted by Crippen LogP contribution is 2.52. The van der Waals surface area contributed by atoms with Crippen LogP contribution in [0.2, 0.25) is 5.02 Å². The number of aromatic nitrogens is 2. The molecule has 0 fully saturated rings. The number of Topliss-reactive ketones (excluding diaryl/α,β-unsaturated/α-hetero) is 1. The van der Waals surface area contributed by atoms with E-state index in [0.29, 0.717) is 49.9 Å². The molecule has 13 heteroatoms. The number of thioether (sulfide) groups is 1. The Labute approximate surface area is 255 Å². The summed E-state index contributed by atoms with van der Waals surface area (Å²) in [6, 6.07) is 9.28. The molecule has 0 spiro atoms. The van der Waals surface area contributed by atoms with E-state index in [0.717, 1.165) is 16.1 Å². The molecule has 2 aromatic heterocycles. The maximum absolute atomic E-state index is 13.6. The van der Waals surface area contributed by atoms with Gasteiger partial charge in [0.15, 0.2) is 10.1 Å². The fourth-order valence-corrected chi connectivity index (χ4v) is 8.07. The molecule has 1 unspecified atom stereocenters. The molecule has 0 radical (unpaired) electrons. The van der Waals surface area contributed by atoms with Crippen LogP contribution in [0.25, 0.3) is 0 Å². The van der Waals surface area contributed by atoms with Crippen molar-refractivity contribution in [1.82, 2.24) is 10.2 Å². The van der Waals surface area contributed by atoms with Gasteiger partial charge in [0.05, 0.1) is 35.4 Å². The molecule has 0 bridgehead atoms. The number of nitrogens with zero attached hydrogens (tertiary/aromatic N) is 4. The van der Waals surface area contributed by atoms with Crippen LogP contribution in [0.5, 0.6) is 5.75 Å². The number of nitrogens with one attached hydrogen (secondary N) is 1. The lowest BCUT2D eigenvalue weighted by atomic mass is 9.69. The predicted molar refractivity (Wildman–Crippen MR) is 163 cm³/mol. The van der Waals surface area contributed by atoms with Crippen LogP contribution in [0.15, 0.2) is 56.6 Å². The van der Waals surface area contributed by atoms with Crippen LogP contribution in [0.3, 0.4) is 0 Å². The molecule has 3 N–H and O–H groups in total. The fraction of sp³-hybridized carbons (Fsp3) is 0.321. The van der Waals surface area contributed by atoms with E-state index < -0.39 is 5.92 Å². The number of anilines is 2. The standard InChI is InChI=1S/C28H27ClN6O3S3/c1-14-7-8-39-24(14)22-16(12-30)25(31)35(18-10-28(2,3)11-19(36)23(18)22)26-33-34-27(41-26)40-13-21(37)32-15-5-6-20(38-4)17(29)9-15/h5-9,22H,10-11,13,31H2,1-4H3,(H,32,37). The van der Waals surface area contributed by atoms with Gasteiger partial charge in [-0.2, -0.15) is 5.26 Å². The summed E-state index contributed by atoms with van der Waals surface area (Å²) in [6.45, 7) is 6.08. The molecule has 3 heterocycles. The van der Waals surface area contributed by atoms with Crippen molar-refractivity contribution in [3.63, 3.8) is 0 Å². The number of allylic oxidation sites excluding steroid dienone is 3. The van der Waals surface area contributed by atoms with Gasteiger partial charge < -0.3 is 15.8 Å². The van der Waals surface area contributed by atoms with E-state index in [9.17, 15) is 14.9 Å². The number of thiophene rings is 1. The van der Waals surface area contributed by atoms with Crippen molar-refractivity contribution in [1.29, 1.82) is 5.26 Å². The number of halogens is 1. The Hall–Kier alpha value is -3.37. The first-order valence-corrected chi connectivity index (χ1v) is 15.7. The molecule has 1 aliphatic carbocycles. The molecular formula is C28H27ClN6O3S3. The van der Waals surface area contributed by atoms with Gasteiger partial charge in [0.1, 0.15) is 11.6 Å². The van der Waals surface area contributed by atoms with Crippen LogP contribution in [0.4, 0.5) is 10.8 Å². The summed E-state index contributed by atoms with van der Waals surface area (Å²) < 4.78 is 5.70. The summed E-state index contributed by atoms with van der Waals surface area (Å²) in [5.41, 5.74) is 9.64. The molecule has 1 aliphatic heterocycles. The SMILES string of the molecule is COc1ccc(NC(=O)CSc2nnc(N3C(N)=C(C#N)C(c4sccc4C)C4=C3CC(C)(C)CC4=O)s2)cc1Cl. The van der Waals surface area contributed by atoms with Gasteiger partial charge in [0.25, 0.3) is 0 Å². The Bertz CT molecular complexity index is 1650. The Morgan fingerprint density at radius 2 is 2.12 bits per heavy atom. The summed E-state index contributed by atoms with van der Waals surface area (Å²) >= 11 is 10.2. The third-order valence-electron chi connectivity index (χ3n) is 6.89. The molecule has 41 heavy (non-hydrogen) atoms. The van der Waals surface area contributed by atoms with Gasteiger partial charge in [0.2, 0.25) is 11.0 Å². The molecule has 1 aromatic carbocycles. The molecule has 1 amide bonds. The fourth-order valence-electron chi connectivity index (χ4n) is 5.09. The Morgan fingerprint density at radius 1 is 1.34 bits per heavy atom. The van der Waals surface area contributed by atoms with E-state index in [1.807, 2.05) is 32.2 Å². The number of carbonyl (C=O) groups is 2. The summed E-state index contributed by atoms with van der Waals surface area (Å²) in [7, 11) is 1.52. The maximum Gasteiger partial charge on any atom is 0.234 e. The van der Waals surface area contributed by atoms with Crippen molar-refractivity contribution >= 4 is 68.5 Å². The molecule has 0 saturated carbocycles. The largest absolute Gasteiger partial charge is 0.495 e. The van der Waals surface area contributed by atoms with Crippen molar-refractivity contribution in [2.75, 3.05) is 23.1 Å². The average Bonchev–Trinajstić information content (AvgIpc) is 3.55. The highest BCUT2D eigenvalue weighted by Gasteiger charge is 2.46. The van der Waals surface area contributed by atoms with E-state index in [1.165, 1.54) is 41.5 Å². The molecular weight excluding hydrogens is 600 g/mol. The van der Waals surface area contributed by atoms with Crippen LogP contribution in [0, 0.1) is 23.7 Å². The van der Waals surface area contributed by atoms with E-state index in [4.69, 9.17) is 22.1 Å². The molecule has 3 aromatic rings. The number of amides is 1. The van der Waals surface area contributed by atoms with E-state index in [1.54, 1.807) is 23.1 Å². The van der Waals surface area contributed by atoms with Crippen LogP contribution < -0.4 is 20.7 Å². The number of nitriles is 1. The van der Waals surface area contributed by atoms with Gasteiger partial charge >= 0.3 is 0 Å². The van der Waals surface area contributed by atoms with Gasteiger partial charge in [-0.25, -0.2) is 0 Å². The van der Waals surface area contributed by atoms with Crippen molar-refractivity contribution in [2.45, 2.75) is 43.9 Å². The van der Waals surface area contributed by atoms with Crippen LogP contribution in [0.1, 0.15) is 43.0 Å². The molecule has 5 rings (SSSR count). The number of carbonyl (C=O) groups excluding carboxylic acids is 2. The van der Waals surface area contributed by atoms with E-state index in [2.05, 4.69) is 21.6 Å². The van der Waals surface area contributed by atoms with Crippen molar-refractivity contribution < 1.29 is 14.3 Å². The molecule has 0 saturated heterocycles. The van der Waals surface area contributed by atoms with Gasteiger partial charge in [-0.1, -0.05) is 48.5 Å². The Morgan fingerprint density at radius 3 is 2.78 bits per heavy atom. The van der Waals surface area contributed by atoms with Gasteiger partial charge in [0, 0.05) is 28.3 Å². The van der Waals surface area contributed by atoms with Crippen molar-refractivity contribution in [3.05, 3.63) is 67.8 Å². The minimum Gasteiger partial charge on any atom is -0.495 e. The highest BCUT2D eigenvalue weighted by atomic mass is 35.5. The number of methoxy groups -OCH3 is 1. The Balaban J connectivity index is 1.42. The summed E-state index contributed by atoms with van der Waals surface area (Å²) in [5, 5.41) is 24.5. The molecule has 9 nitrogen and oxygen atoms in total. The highest BCUT2D eigenvalue weighted by molar-refractivity contribution is 8.01. The number of rotatable bonds is 7. The first kappa shape index (κ1) is 29.1. The van der Waals surface area contributed by atoms with Crippen LogP contribution in [-0.2, 0) is 9.59 Å². The summed E-state index contributed by atoms with van der Waals surface area (Å²) in [6.07, 6.45) is 0.967. The third-order valence-corrected chi connectivity index (χ3v) is 10.3. The van der Waals surface area contributed by atoms with Gasteiger partial charge in [-0.3, -0.25) is 14.5 Å². The van der Waals surface area contributed by atoms with Gasteiger partial charge in [-0.15, -0.1) is 21.5 Å². The second-order valence-electron chi connectivity index (χ2n) is 10.5. The lowest BCUT2D eigenvalue weighted by molar-refractivity contribution is -0.118. The number of benzene rings is 1. The van der Waals surface area contributed by atoms with E-state index in [-0.39, 0.29) is 28.7 Å². The molecule has 2 aliphatic rings. The lowest BCUT2D eigenvalue weighted by Crippen LogP contribution is -2.42. The number of ether oxygens (including phenoxy) is 1. The van der Waals surface area contributed by atoms with Crippen molar-refractivity contribution in [2.24, 2.45) is 11.1 Å². The van der Waals surface area contributed by atoms with E-state index >= 15 is 0 Å². The number of aryl methyl sites for hydroxylation is 1. The maximum atomic E-state index is 13.6. The average molecular weight is 627 g/mol. The monoisotopic (exact) mass is 626 g/mol. The minimum absolute atomic E-state index is 0.00807. The van der Waals surface area contributed by atoms with Crippen LogP contribution >= 0.6 is 46.0 Å².